The van der Waals surface area contributed by atoms with Crippen molar-refractivity contribution in [3.8, 4) is 0 Å². The SMILES string of the molecule is CC(=O)SCC(=Cc1cc(C=O)ccn1)B1OC(C)(C)C(C)(C)O1. The van der Waals surface area contributed by atoms with E-state index in [0.717, 1.165) is 11.8 Å². The number of pyridine rings is 1. The van der Waals surface area contributed by atoms with Crippen LogP contribution >= 0.6 is 11.8 Å². The molecular formula is C17H22BNO4S. The van der Waals surface area contributed by atoms with Crippen LogP contribution in [-0.2, 0) is 14.1 Å². The van der Waals surface area contributed by atoms with Crippen LogP contribution in [0.2, 0.25) is 0 Å². The number of aldehydes is 1. The molecule has 2 heterocycles. The third-order valence-electron chi connectivity index (χ3n) is 4.27. The maximum absolute atomic E-state index is 11.4. The lowest BCUT2D eigenvalue weighted by atomic mass is 9.78. The minimum atomic E-state index is -0.552. The van der Waals surface area contributed by atoms with Crippen molar-refractivity contribution in [1.82, 2.24) is 4.98 Å². The number of thioether (sulfide) groups is 1. The second-order valence-electron chi connectivity index (χ2n) is 6.72. The van der Waals surface area contributed by atoms with E-state index in [0.29, 0.717) is 17.0 Å². The molecule has 2 rings (SSSR count). The van der Waals surface area contributed by atoms with Gasteiger partial charge in [0.1, 0.15) is 6.29 Å². The van der Waals surface area contributed by atoms with Crippen LogP contribution in [0.3, 0.4) is 0 Å². The minimum absolute atomic E-state index is 0.0204. The predicted molar refractivity (Wildman–Crippen MR) is 96.8 cm³/mol. The van der Waals surface area contributed by atoms with Gasteiger partial charge in [-0.2, -0.15) is 0 Å². The zero-order valence-corrected chi connectivity index (χ0v) is 15.5. The van der Waals surface area contributed by atoms with Gasteiger partial charge >= 0.3 is 7.12 Å². The monoisotopic (exact) mass is 347 g/mol. The molecular weight excluding hydrogens is 325 g/mol. The van der Waals surface area contributed by atoms with Gasteiger partial charge in [0.15, 0.2) is 5.12 Å². The van der Waals surface area contributed by atoms with E-state index in [2.05, 4.69) is 4.98 Å². The van der Waals surface area contributed by atoms with Crippen molar-refractivity contribution < 1.29 is 18.9 Å². The maximum Gasteiger partial charge on any atom is 0.491 e. The molecule has 1 aromatic rings. The van der Waals surface area contributed by atoms with E-state index in [1.54, 1.807) is 18.3 Å². The second-order valence-corrected chi connectivity index (χ2v) is 7.87. The van der Waals surface area contributed by atoms with Gasteiger partial charge in [0.25, 0.3) is 0 Å². The highest BCUT2D eigenvalue weighted by atomic mass is 32.2. The number of hydrogen-bond acceptors (Lipinski definition) is 6. The Morgan fingerprint density at radius 1 is 1.29 bits per heavy atom. The molecule has 1 fully saturated rings. The van der Waals surface area contributed by atoms with Gasteiger partial charge in [-0.15, -0.1) is 0 Å². The summed E-state index contributed by atoms with van der Waals surface area (Å²) in [5.41, 5.74) is 1.06. The Hall–Kier alpha value is -1.44. The van der Waals surface area contributed by atoms with Gasteiger partial charge in [-0.1, -0.05) is 11.8 Å². The van der Waals surface area contributed by atoms with E-state index < -0.39 is 18.3 Å². The quantitative estimate of drug-likeness (QED) is 0.602. The molecule has 1 aliphatic rings. The third kappa shape index (κ3) is 4.34. The molecule has 0 bridgehead atoms. The van der Waals surface area contributed by atoms with E-state index in [1.165, 1.54) is 18.7 Å². The number of aromatic nitrogens is 1. The molecule has 24 heavy (non-hydrogen) atoms. The number of carbonyl (C=O) groups is 2. The largest absolute Gasteiger partial charge is 0.491 e. The fourth-order valence-electron chi connectivity index (χ4n) is 2.16. The molecule has 128 valence electrons. The maximum atomic E-state index is 11.4. The summed E-state index contributed by atoms with van der Waals surface area (Å²) in [6.45, 7) is 9.45. The zero-order chi connectivity index (χ0) is 18.0. The molecule has 1 aliphatic heterocycles. The molecule has 0 amide bonds. The second kappa shape index (κ2) is 7.21. The van der Waals surface area contributed by atoms with Crippen molar-refractivity contribution in [3.05, 3.63) is 35.1 Å². The summed E-state index contributed by atoms with van der Waals surface area (Å²) >= 11 is 1.19. The highest BCUT2D eigenvalue weighted by Crippen LogP contribution is 2.39. The third-order valence-corrected chi connectivity index (χ3v) is 5.16. The molecule has 0 aliphatic carbocycles. The average molecular weight is 347 g/mol. The fourth-order valence-corrected chi connectivity index (χ4v) is 2.75. The molecule has 0 unspecified atom stereocenters. The van der Waals surface area contributed by atoms with Crippen molar-refractivity contribution >= 4 is 36.4 Å². The Balaban J connectivity index is 2.33. The standard InChI is InChI=1S/C17H22BNO4S/c1-12(21)24-11-14(9-15-8-13(10-20)6-7-19-15)18-22-16(2,3)17(4,5)23-18/h6-10H,11H2,1-5H3. The molecule has 0 aromatic carbocycles. The summed E-state index contributed by atoms with van der Waals surface area (Å²) in [6, 6.07) is 3.33. The number of nitrogens with zero attached hydrogens (tertiary/aromatic N) is 1. The molecule has 0 atom stereocenters. The molecule has 0 spiro atoms. The van der Waals surface area contributed by atoms with Crippen LogP contribution in [0.4, 0.5) is 0 Å². The zero-order valence-electron chi connectivity index (χ0n) is 14.7. The number of carbonyl (C=O) groups excluding carboxylic acids is 2. The van der Waals surface area contributed by atoms with Crippen LogP contribution in [0, 0.1) is 0 Å². The Bertz CT molecular complexity index is 656. The molecule has 0 saturated carbocycles. The summed E-state index contributed by atoms with van der Waals surface area (Å²) in [7, 11) is -0.552. The van der Waals surface area contributed by atoms with Crippen LogP contribution in [-0.4, -0.2) is 40.5 Å². The van der Waals surface area contributed by atoms with Crippen molar-refractivity contribution in [2.24, 2.45) is 0 Å². The van der Waals surface area contributed by atoms with Gasteiger partial charge in [-0.3, -0.25) is 14.6 Å². The van der Waals surface area contributed by atoms with E-state index in [-0.39, 0.29) is 5.12 Å². The van der Waals surface area contributed by atoms with Crippen LogP contribution < -0.4 is 0 Å². The Morgan fingerprint density at radius 2 is 1.92 bits per heavy atom. The van der Waals surface area contributed by atoms with Crippen molar-refractivity contribution in [2.45, 2.75) is 45.8 Å². The van der Waals surface area contributed by atoms with Gasteiger partial charge in [0.2, 0.25) is 0 Å². The molecule has 5 nitrogen and oxygen atoms in total. The first-order valence-corrected chi connectivity index (χ1v) is 8.74. The minimum Gasteiger partial charge on any atom is -0.400 e. The fraction of sp³-hybridized carbons (Fsp3) is 0.471. The van der Waals surface area contributed by atoms with Gasteiger partial charge in [-0.25, -0.2) is 0 Å². The molecule has 1 saturated heterocycles. The van der Waals surface area contributed by atoms with E-state index in [9.17, 15) is 9.59 Å². The normalized spacial score (nSPS) is 19.4. The summed E-state index contributed by atoms with van der Waals surface area (Å²) in [6.07, 6.45) is 4.18. The van der Waals surface area contributed by atoms with Crippen LogP contribution in [0.1, 0.15) is 50.7 Å². The van der Waals surface area contributed by atoms with Crippen molar-refractivity contribution in [3.63, 3.8) is 0 Å². The Morgan fingerprint density at radius 3 is 2.46 bits per heavy atom. The van der Waals surface area contributed by atoms with E-state index in [4.69, 9.17) is 9.31 Å². The van der Waals surface area contributed by atoms with Gasteiger partial charge in [0, 0.05) is 24.4 Å². The van der Waals surface area contributed by atoms with Crippen LogP contribution in [0.15, 0.2) is 23.8 Å². The lowest BCUT2D eigenvalue weighted by molar-refractivity contribution is -0.109. The first-order chi connectivity index (χ1) is 11.1. The summed E-state index contributed by atoms with van der Waals surface area (Å²) in [4.78, 5) is 26.6. The molecule has 0 radical (unpaired) electrons. The van der Waals surface area contributed by atoms with Gasteiger partial charge < -0.3 is 9.31 Å². The molecule has 1 aromatic heterocycles. The summed E-state index contributed by atoms with van der Waals surface area (Å²) < 4.78 is 12.1. The topological polar surface area (TPSA) is 65.5 Å². The summed E-state index contributed by atoms with van der Waals surface area (Å²) in [5, 5.41) is 0.0204. The van der Waals surface area contributed by atoms with Crippen LogP contribution in [0.5, 0.6) is 0 Å². The molecule has 0 N–H and O–H groups in total. The van der Waals surface area contributed by atoms with Crippen molar-refractivity contribution in [1.29, 1.82) is 0 Å². The molecule has 7 heteroatoms. The van der Waals surface area contributed by atoms with E-state index >= 15 is 0 Å². The smallest absolute Gasteiger partial charge is 0.400 e. The first kappa shape index (κ1) is 18.9. The lowest BCUT2D eigenvalue weighted by Crippen LogP contribution is -2.41. The highest BCUT2D eigenvalue weighted by Gasteiger charge is 2.52. The Labute approximate surface area is 147 Å². The predicted octanol–water partition coefficient (Wildman–Crippen LogP) is 3.19. The van der Waals surface area contributed by atoms with Gasteiger partial charge in [0.05, 0.1) is 16.9 Å². The Kier molecular flexibility index (Phi) is 5.68. The van der Waals surface area contributed by atoms with E-state index in [1.807, 2.05) is 33.8 Å². The first-order valence-electron chi connectivity index (χ1n) is 7.75. The lowest BCUT2D eigenvalue weighted by Gasteiger charge is -2.32. The highest BCUT2D eigenvalue weighted by molar-refractivity contribution is 8.13. The van der Waals surface area contributed by atoms with Gasteiger partial charge in [-0.05, 0) is 51.4 Å². The summed E-state index contributed by atoms with van der Waals surface area (Å²) in [5.74, 6) is 0.444. The van der Waals surface area contributed by atoms with Crippen molar-refractivity contribution in [2.75, 3.05) is 5.75 Å². The number of rotatable bonds is 5. The van der Waals surface area contributed by atoms with Crippen LogP contribution in [0.25, 0.3) is 6.08 Å². The number of hydrogen-bond donors (Lipinski definition) is 0. The average Bonchev–Trinajstić information content (AvgIpc) is 2.71.